The number of anilines is 1. The van der Waals surface area contributed by atoms with Gasteiger partial charge < -0.3 is 15.7 Å². The number of rotatable bonds is 2. The summed E-state index contributed by atoms with van der Waals surface area (Å²) >= 11 is 1.19. The van der Waals surface area contributed by atoms with E-state index in [1.54, 1.807) is 20.2 Å². The molecule has 0 fully saturated rings. The number of phenolic OH excluding ortho intramolecular Hbond substituents is 1. The predicted octanol–water partition coefficient (Wildman–Crippen LogP) is 1.80. The molecule has 0 bridgehead atoms. The zero-order chi connectivity index (χ0) is 14.2. The second kappa shape index (κ2) is 4.77. The Morgan fingerprint density at radius 3 is 2.63 bits per heavy atom. The highest BCUT2D eigenvalue weighted by Crippen LogP contribution is 2.37. The Balaban J connectivity index is 2.56. The van der Waals surface area contributed by atoms with Gasteiger partial charge in [-0.15, -0.1) is 11.3 Å². The third-order valence-corrected chi connectivity index (χ3v) is 3.61. The number of urea groups is 1. The molecule has 0 aliphatic heterocycles. The lowest BCUT2D eigenvalue weighted by Gasteiger charge is -2.11. The summed E-state index contributed by atoms with van der Waals surface area (Å²) in [6.45, 7) is 0. The van der Waals surface area contributed by atoms with Gasteiger partial charge in [0.1, 0.15) is 10.8 Å². The van der Waals surface area contributed by atoms with Gasteiger partial charge in [-0.2, -0.15) is 0 Å². The molecule has 0 saturated carbocycles. The summed E-state index contributed by atoms with van der Waals surface area (Å²) in [4.78, 5) is 24.5. The molecular formula is C12H13N3O3S. The van der Waals surface area contributed by atoms with E-state index in [9.17, 15) is 14.7 Å². The van der Waals surface area contributed by atoms with Gasteiger partial charge in [0, 0.05) is 24.2 Å². The average molecular weight is 279 g/mol. The Labute approximate surface area is 113 Å². The molecule has 1 heterocycles. The van der Waals surface area contributed by atoms with E-state index in [-0.39, 0.29) is 17.3 Å². The van der Waals surface area contributed by atoms with Gasteiger partial charge in [0.15, 0.2) is 0 Å². The Bertz CT molecular complexity index is 664. The van der Waals surface area contributed by atoms with Crippen molar-refractivity contribution in [3.63, 3.8) is 0 Å². The zero-order valence-electron chi connectivity index (χ0n) is 10.4. The van der Waals surface area contributed by atoms with Crippen molar-refractivity contribution in [3.05, 3.63) is 23.8 Å². The van der Waals surface area contributed by atoms with Crippen LogP contribution in [0.4, 0.5) is 9.80 Å². The number of aromatic hydroxyl groups is 1. The molecule has 2 rings (SSSR count). The minimum absolute atomic E-state index is 0.0928. The molecule has 1 aromatic carbocycles. The van der Waals surface area contributed by atoms with Crippen LogP contribution in [-0.2, 0) is 0 Å². The number of benzene rings is 1. The van der Waals surface area contributed by atoms with E-state index in [0.29, 0.717) is 15.1 Å². The van der Waals surface area contributed by atoms with Crippen molar-refractivity contribution in [1.29, 1.82) is 0 Å². The van der Waals surface area contributed by atoms with Gasteiger partial charge in [0.2, 0.25) is 0 Å². The molecule has 3 amide bonds. The minimum Gasteiger partial charge on any atom is -0.508 e. The van der Waals surface area contributed by atoms with Gasteiger partial charge in [0.05, 0.1) is 5.56 Å². The third kappa shape index (κ3) is 2.45. The lowest BCUT2D eigenvalue weighted by molar-refractivity contribution is 0.100. The number of nitrogens with two attached hydrogens (primary N) is 1. The smallest absolute Gasteiger partial charge is 0.321 e. The van der Waals surface area contributed by atoms with Crippen molar-refractivity contribution in [1.82, 2.24) is 4.90 Å². The summed E-state index contributed by atoms with van der Waals surface area (Å²) in [6.07, 6.45) is 0. The molecule has 19 heavy (non-hydrogen) atoms. The Morgan fingerprint density at radius 2 is 2.05 bits per heavy atom. The maximum Gasteiger partial charge on any atom is 0.321 e. The highest BCUT2D eigenvalue weighted by molar-refractivity contribution is 7.23. The normalized spacial score (nSPS) is 10.4. The SMILES string of the molecule is CN(C)C(=O)Nc1sc2cc(O)ccc2c1C(N)=O. The van der Waals surface area contributed by atoms with Crippen molar-refractivity contribution in [3.8, 4) is 5.75 Å². The maximum atomic E-state index is 11.7. The monoisotopic (exact) mass is 279 g/mol. The molecule has 0 atom stereocenters. The van der Waals surface area contributed by atoms with Crippen LogP contribution < -0.4 is 11.1 Å². The number of fused-ring (bicyclic) bond motifs is 1. The van der Waals surface area contributed by atoms with Gasteiger partial charge >= 0.3 is 6.03 Å². The van der Waals surface area contributed by atoms with Crippen LogP contribution in [0.2, 0.25) is 0 Å². The number of carbonyl (C=O) groups excluding carboxylic acids is 2. The van der Waals surface area contributed by atoms with Gasteiger partial charge in [-0.3, -0.25) is 10.1 Å². The highest BCUT2D eigenvalue weighted by Gasteiger charge is 2.19. The number of amides is 3. The number of thiophene rings is 1. The van der Waals surface area contributed by atoms with Crippen molar-refractivity contribution >= 4 is 38.4 Å². The molecule has 6 nitrogen and oxygen atoms in total. The first-order valence-corrected chi connectivity index (χ1v) is 6.25. The molecule has 0 unspecified atom stereocenters. The number of phenols is 1. The van der Waals surface area contributed by atoms with E-state index in [1.807, 2.05) is 0 Å². The fourth-order valence-electron chi connectivity index (χ4n) is 1.63. The summed E-state index contributed by atoms with van der Waals surface area (Å²) in [7, 11) is 3.19. The second-order valence-electron chi connectivity index (χ2n) is 4.18. The zero-order valence-corrected chi connectivity index (χ0v) is 11.2. The van der Waals surface area contributed by atoms with Crippen LogP contribution in [0.5, 0.6) is 5.75 Å². The molecule has 1 aromatic heterocycles. The number of nitrogens with one attached hydrogen (secondary N) is 1. The van der Waals surface area contributed by atoms with Crippen molar-refractivity contribution in [2.75, 3.05) is 19.4 Å². The Kier molecular flexibility index (Phi) is 3.30. The van der Waals surface area contributed by atoms with Crippen molar-refractivity contribution < 1.29 is 14.7 Å². The molecule has 0 saturated heterocycles. The first-order chi connectivity index (χ1) is 8.90. The number of hydrogen-bond donors (Lipinski definition) is 3. The fourth-order valence-corrected chi connectivity index (χ4v) is 2.76. The van der Waals surface area contributed by atoms with Crippen LogP contribution in [-0.4, -0.2) is 36.0 Å². The molecular weight excluding hydrogens is 266 g/mol. The van der Waals surface area contributed by atoms with E-state index < -0.39 is 5.91 Å². The summed E-state index contributed by atoms with van der Waals surface area (Å²) in [5.41, 5.74) is 5.61. The largest absolute Gasteiger partial charge is 0.508 e. The molecule has 100 valence electrons. The molecule has 0 spiro atoms. The van der Waals surface area contributed by atoms with Crippen LogP contribution >= 0.6 is 11.3 Å². The average Bonchev–Trinajstić information content (AvgIpc) is 2.65. The van der Waals surface area contributed by atoms with E-state index in [4.69, 9.17) is 5.73 Å². The summed E-state index contributed by atoms with van der Waals surface area (Å²) < 4.78 is 0.683. The lowest BCUT2D eigenvalue weighted by atomic mass is 10.1. The number of nitrogens with zero attached hydrogens (tertiary/aromatic N) is 1. The molecule has 7 heteroatoms. The van der Waals surface area contributed by atoms with Crippen molar-refractivity contribution in [2.45, 2.75) is 0 Å². The summed E-state index contributed by atoms with van der Waals surface area (Å²) in [5.74, 6) is -0.527. The molecule has 4 N–H and O–H groups in total. The summed E-state index contributed by atoms with van der Waals surface area (Å²) in [6, 6.07) is 4.25. The number of primary amides is 1. The standard InChI is InChI=1S/C12H13N3O3S/c1-15(2)12(18)14-11-9(10(13)17)7-4-3-6(16)5-8(7)19-11/h3-5,16H,1-2H3,(H2,13,17)(H,14,18). The summed E-state index contributed by atoms with van der Waals surface area (Å²) in [5, 5.41) is 13.1. The highest BCUT2D eigenvalue weighted by atomic mass is 32.1. The molecule has 0 radical (unpaired) electrons. The van der Waals surface area contributed by atoms with E-state index in [1.165, 1.54) is 28.4 Å². The van der Waals surface area contributed by atoms with Crippen LogP contribution in [0.15, 0.2) is 18.2 Å². The lowest BCUT2D eigenvalue weighted by Crippen LogP contribution is -2.28. The van der Waals surface area contributed by atoms with Gasteiger partial charge in [-0.1, -0.05) is 0 Å². The first kappa shape index (κ1) is 13.2. The third-order valence-electron chi connectivity index (χ3n) is 2.55. The number of carbonyl (C=O) groups is 2. The predicted molar refractivity (Wildman–Crippen MR) is 74.7 cm³/mol. The van der Waals surface area contributed by atoms with Gasteiger partial charge in [0.25, 0.3) is 5.91 Å². The Morgan fingerprint density at radius 1 is 1.37 bits per heavy atom. The maximum absolute atomic E-state index is 11.7. The molecule has 0 aliphatic carbocycles. The number of hydrogen-bond acceptors (Lipinski definition) is 4. The minimum atomic E-state index is -0.619. The topological polar surface area (TPSA) is 95.7 Å². The molecule has 0 aliphatic rings. The van der Waals surface area contributed by atoms with E-state index >= 15 is 0 Å². The quantitative estimate of drug-likeness (QED) is 0.782. The van der Waals surface area contributed by atoms with Crippen LogP contribution in [0, 0.1) is 0 Å². The van der Waals surface area contributed by atoms with E-state index in [0.717, 1.165) is 0 Å². The van der Waals surface area contributed by atoms with Gasteiger partial charge in [-0.05, 0) is 18.2 Å². The second-order valence-corrected chi connectivity index (χ2v) is 5.23. The van der Waals surface area contributed by atoms with Crippen LogP contribution in [0.1, 0.15) is 10.4 Å². The van der Waals surface area contributed by atoms with Gasteiger partial charge in [-0.25, -0.2) is 4.79 Å². The Hall–Kier alpha value is -2.28. The molecule has 2 aromatic rings. The fraction of sp³-hybridized carbons (Fsp3) is 0.167. The van der Waals surface area contributed by atoms with E-state index in [2.05, 4.69) is 5.32 Å². The van der Waals surface area contributed by atoms with Crippen LogP contribution in [0.3, 0.4) is 0 Å². The van der Waals surface area contributed by atoms with Crippen molar-refractivity contribution in [2.24, 2.45) is 5.73 Å². The first-order valence-electron chi connectivity index (χ1n) is 5.43. The van der Waals surface area contributed by atoms with Crippen LogP contribution in [0.25, 0.3) is 10.1 Å².